The van der Waals surface area contributed by atoms with Crippen molar-refractivity contribution in [3.05, 3.63) is 0 Å². The number of nitrogens with one attached hydrogen (secondary N) is 1. The van der Waals surface area contributed by atoms with Crippen LogP contribution in [0.3, 0.4) is 0 Å². The molecule has 6 heteroatoms. The van der Waals surface area contributed by atoms with Crippen LogP contribution in [-0.2, 0) is 9.53 Å². The first-order chi connectivity index (χ1) is 9.41. The van der Waals surface area contributed by atoms with Gasteiger partial charge < -0.3 is 20.1 Å². The number of hydrogen-bond acceptors (Lipinski definition) is 3. The van der Waals surface area contributed by atoms with Crippen molar-refractivity contribution in [2.45, 2.75) is 57.1 Å². The van der Waals surface area contributed by atoms with Gasteiger partial charge in [0.15, 0.2) is 0 Å². The molecule has 1 unspecified atom stereocenters. The first kappa shape index (κ1) is 16.8. The fraction of sp³-hybridized carbons (Fsp3) is 0.857. The number of hydrogen-bond donors (Lipinski definition) is 2. The molecule has 0 aromatic rings. The van der Waals surface area contributed by atoms with E-state index in [-0.39, 0.29) is 18.6 Å². The van der Waals surface area contributed by atoms with Crippen LogP contribution in [0.2, 0.25) is 0 Å². The number of ether oxygens (including phenoxy) is 1. The van der Waals surface area contributed by atoms with Crippen LogP contribution in [0.15, 0.2) is 0 Å². The Morgan fingerprint density at radius 1 is 1.35 bits per heavy atom. The Bertz CT molecular complexity index is 340. The Labute approximate surface area is 120 Å². The van der Waals surface area contributed by atoms with Crippen LogP contribution in [0.4, 0.5) is 4.79 Å². The number of methoxy groups -OCH3 is 1. The minimum absolute atomic E-state index is 0.0107. The molecule has 0 saturated heterocycles. The van der Waals surface area contributed by atoms with Crippen LogP contribution in [-0.4, -0.2) is 54.4 Å². The Kier molecular flexibility index (Phi) is 6.26. The van der Waals surface area contributed by atoms with E-state index in [9.17, 15) is 9.59 Å². The fourth-order valence-electron chi connectivity index (χ4n) is 2.77. The molecule has 1 aliphatic rings. The van der Waals surface area contributed by atoms with Gasteiger partial charge in [0.1, 0.15) is 0 Å². The van der Waals surface area contributed by atoms with Crippen molar-refractivity contribution in [1.82, 2.24) is 10.2 Å². The Morgan fingerprint density at radius 2 is 1.95 bits per heavy atom. The highest BCUT2D eigenvalue weighted by Gasteiger charge is 2.40. The lowest BCUT2D eigenvalue weighted by atomic mass is 9.78. The molecular weight excluding hydrogens is 260 g/mol. The lowest BCUT2D eigenvalue weighted by Crippen LogP contribution is -2.55. The van der Waals surface area contributed by atoms with Gasteiger partial charge in [0.05, 0.1) is 18.1 Å². The van der Waals surface area contributed by atoms with E-state index in [0.717, 1.165) is 32.1 Å². The molecule has 0 aromatic heterocycles. The third kappa shape index (κ3) is 4.37. The Morgan fingerprint density at radius 3 is 2.45 bits per heavy atom. The Hall–Kier alpha value is -1.30. The summed E-state index contributed by atoms with van der Waals surface area (Å²) in [4.78, 5) is 24.9. The van der Waals surface area contributed by atoms with E-state index in [4.69, 9.17) is 9.84 Å². The minimum Gasteiger partial charge on any atom is -0.481 e. The molecule has 0 radical (unpaired) electrons. The molecule has 0 bridgehead atoms. The lowest BCUT2D eigenvalue weighted by molar-refractivity contribution is -0.140. The summed E-state index contributed by atoms with van der Waals surface area (Å²) in [5.74, 6) is -0.850. The molecule has 2 N–H and O–H groups in total. The minimum atomic E-state index is -0.850. The summed E-state index contributed by atoms with van der Waals surface area (Å²) in [6.07, 6.45) is 4.51. The number of urea groups is 1. The highest BCUT2D eigenvalue weighted by atomic mass is 16.5. The van der Waals surface area contributed by atoms with Gasteiger partial charge in [0.25, 0.3) is 0 Å². The monoisotopic (exact) mass is 286 g/mol. The lowest BCUT2D eigenvalue weighted by Gasteiger charge is -2.43. The number of nitrogens with zero attached hydrogens (tertiary/aromatic N) is 1. The highest BCUT2D eigenvalue weighted by molar-refractivity contribution is 5.76. The molecule has 1 atom stereocenters. The zero-order valence-electron chi connectivity index (χ0n) is 12.6. The number of carbonyl (C=O) groups excluding carboxylic acids is 1. The molecule has 0 heterocycles. The predicted molar refractivity (Wildman–Crippen MR) is 75.7 cm³/mol. The molecule has 116 valence electrons. The molecule has 0 aliphatic heterocycles. The summed E-state index contributed by atoms with van der Waals surface area (Å²) in [7, 11) is 3.29. The molecule has 6 nitrogen and oxygen atoms in total. The smallest absolute Gasteiger partial charge is 0.317 e. The zero-order chi connectivity index (χ0) is 15.2. The summed E-state index contributed by atoms with van der Waals surface area (Å²) in [5.41, 5.74) is -0.551. The van der Waals surface area contributed by atoms with Gasteiger partial charge in [-0.1, -0.05) is 19.3 Å². The summed E-state index contributed by atoms with van der Waals surface area (Å²) in [6.45, 7) is 2.29. The molecule has 0 spiro atoms. The second kappa shape index (κ2) is 7.47. The quantitative estimate of drug-likeness (QED) is 0.781. The molecule has 1 aliphatic carbocycles. The van der Waals surface area contributed by atoms with E-state index < -0.39 is 11.5 Å². The maximum atomic E-state index is 12.2. The van der Waals surface area contributed by atoms with E-state index >= 15 is 0 Å². The first-order valence-electron chi connectivity index (χ1n) is 7.17. The topological polar surface area (TPSA) is 78.9 Å². The van der Waals surface area contributed by atoms with Crippen LogP contribution in [0.5, 0.6) is 0 Å². The van der Waals surface area contributed by atoms with Crippen molar-refractivity contribution in [2.24, 2.45) is 0 Å². The van der Waals surface area contributed by atoms with Crippen LogP contribution in [0, 0.1) is 0 Å². The molecule has 1 fully saturated rings. The normalized spacial score (nSPS) is 19.1. The summed E-state index contributed by atoms with van der Waals surface area (Å²) in [6, 6.07) is -0.225. The molecule has 20 heavy (non-hydrogen) atoms. The van der Waals surface area contributed by atoms with E-state index in [2.05, 4.69) is 5.32 Å². The van der Waals surface area contributed by atoms with E-state index in [1.54, 1.807) is 19.1 Å². The molecule has 2 amide bonds. The predicted octanol–water partition coefficient (Wildman–Crippen LogP) is 1.84. The van der Waals surface area contributed by atoms with Gasteiger partial charge in [-0.3, -0.25) is 4.79 Å². The van der Waals surface area contributed by atoms with Crippen LogP contribution >= 0.6 is 0 Å². The van der Waals surface area contributed by atoms with E-state index in [1.807, 2.05) is 6.92 Å². The third-order valence-electron chi connectivity index (χ3n) is 4.22. The van der Waals surface area contributed by atoms with E-state index in [0.29, 0.717) is 6.54 Å². The average Bonchev–Trinajstić information content (AvgIpc) is 2.43. The number of aliphatic carboxylic acids is 1. The molecule has 0 aromatic carbocycles. The number of carboxylic acids is 1. The van der Waals surface area contributed by atoms with Gasteiger partial charge in [0, 0.05) is 20.7 Å². The standard InChI is InChI=1S/C14H26N2O4/c1-11(20-3)10-15-13(19)16(2)14(9-12(17)18)7-5-4-6-8-14/h11H,4-10H2,1-3H3,(H,15,19)(H,17,18). The number of rotatable bonds is 6. The van der Waals surface area contributed by atoms with Gasteiger partial charge in [-0.2, -0.15) is 0 Å². The molecule has 1 saturated carbocycles. The van der Waals surface area contributed by atoms with Crippen molar-refractivity contribution in [1.29, 1.82) is 0 Å². The van der Waals surface area contributed by atoms with Crippen molar-refractivity contribution in [3.63, 3.8) is 0 Å². The number of carboxylic acid groups (broad SMARTS) is 1. The van der Waals surface area contributed by atoms with Gasteiger partial charge in [-0.25, -0.2) is 4.79 Å². The van der Waals surface area contributed by atoms with Gasteiger partial charge in [-0.15, -0.1) is 0 Å². The second-order valence-electron chi connectivity index (χ2n) is 5.65. The maximum absolute atomic E-state index is 12.2. The van der Waals surface area contributed by atoms with Crippen molar-refractivity contribution in [2.75, 3.05) is 20.7 Å². The van der Waals surface area contributed by atoms with Crippen molar-refractivity contribution >= 4 is 12.0 Å². The third-order valence-corrected chi connectivity index (χ3v) is 4.22. The van der Waals surface area contributed by atoms with Crippen LogP contribution in [0.1, 0.15) is 45.4 Å². The van der Waals surface area contributed by atoms with Crippen molar-refractivity contribution in [3.8, 4) is 0 Å². The van der Waals surface area contributed by atoms with Crippen molar-refractivity contribution < 1.29 is 19.4 Å². The van der Waals surface area contributed by atoms with Gasteiger partial charge in [0.2, 0.25) is 0 Å². The maximum Gasteiger partial charge on any atom is 0.317 e. The number of carbonyl (C=O) groups is 2. The van der Waals surface area contributed by atoms with E-state index in [1.165, 1.54) is 0 Å². The van der Waals surface area contributed by atoms with Crippen LogP contribution in [0.25, 0.3) is 0 Å². The highest BCUT2D eigenvalue weighted by Crippen LogP contribution is 2.35. The summed E-state index contributed by atoms with van der Waals surface area (Å²) in [5, 5.41) is 11.9. The SMILES string of the molecule is COC(C)CNC(=O)N(C)C1(CC(=O)O)CCCCC1. The summed E-state index contributed by atoms with van der Waals surface area (Å²) < 4.78 is 5.09. The average molecular weight is 286 g/mol. The Balaban J connectivity index is 2.69. The fourth-order valence-corrected chi connectivity index (χ4v) is 2.77. The number of amides is 2. The van der Waals surface area contributed by atoms with Crippen LogP contribution < -0.4 is 5.32 Å². The molecular formula is C14H26N2O4. The second-order valence-corrected chi connectivity index (χ2v) is 5.65. The summed E-state index contributed by atoms with van der Waals surface area (Å²) >= 11 is 0. The van der Waals surface area contributed by atoms with Gasteiger partial charge in [-0.05, 0) is 19.8 Å². The van der Waals surface area contributed by atoms with Gasteiger partial charge >= 0.3 is 12.0 Å². The largest absolute Gasteiger partial charge is 0.481 e. The zero-order valence-corrected chi connectivity index (χ0v) is 12.6. The first-order valence-corrected chi connectivity index (χ1v) is 7.17. The molecule has 1 rings (SSSR count).